The Morgan fingerprint density at radius 2 is 2.18 bits per heavy atom. The first-order chi connectivity index (χ1) is 8.15. The van der Waals surface area contributed by atoms with E-state index >= 15 is 0 Å². The van der Waals surface area contributed by atoms with Crippen molar-refractivity contribution in [2.75, 3.05) is 6.54 Å². The van der Waals surface area contributed by atoms with Gasteiger partial charge in [-0.15, -0.1) is 0 Å². The SMILES string of the molecule is CCCC1(CNC(C)c2cccc(O)c2)CC1. The molecule has 1 aliphatic carbocycles. The third kappa shape index (κ3) is 3.22. The van der Waals surface area contributed by atoms with Gasteiger partial charge in [-0.1, -0.05) is 25.5 Å². The lowest BCUT2D eigenvalue weighted by Gasteiger charge is -2.20. The zero-order valence-corrected chi connectivity index (χ0v) is 10.9. The molecule has 1 fully saturated rings. The summed E-state index contributed by atoms with van der Waals surface area (Å²) in [7, 11) is 0. The number of aromatic hydroxyl groups is 1. The van der Waals surface area contributed by atoms with E-state index in [0.29, 0.717) is 17.2 Å². The Kier molecular flexibility index (Phi) is 3.72. The lowest BCUT2D eigenvalue weighted by Crippen LogP contribution is -2.26. The van der Waals surface area contributed by atoms with Crippen molar-refractivity contribution >= 4 is 0 Å². The van der Waals surface area contributed by atoms with Crippen LogP contribution in [0.5, 0.6) is 5.75 Å². The van der Waals surface area contributed by atoms with Crippen LogP contribution in [0.2, 0.25) is 0 Å². The molecule has 1 aromatic rings. The van der Waals surface area contributed by atoms with Crippen LogP contribution in [0.4, 0.5) is 0 Å². The minimum Gasteiger partial charge on any atom is -0.508 e. The van der Waals surface area contributed by atoms with Gasteiger partial charge in [0.2, 0.25) is 0 Å². The van der Waals surface area contributed by atoms with Crippen LogP contribution in [0.15, 0.2) is 24.3 Å². The molecule has 1 atom stereocenters. The summed E-state index contributed by atoms with van der Waals surface area (Å²) in [6, 6.07) is 7.85. The maximum absolute atomic E-state index is 9.46. The number of benzene rings is 1. The first-order valence-electron chi connectivity index (χ1n) is 6.67. The van der Waals surface area contributed by atoms with Crippen molar-refractivity contribution in [3.8, 4) is 5.75 Å². The average molecular weight is 233 g/mol. The van der Waals surface area contributed by atoms with Crippen LogP contribution in [0.1, 0.15) is 51.1 Å². The molecule has 94 valence electrons. The topological polar surface area (TPSA) is 32.3 Å². The summed E-state index contributed by atoms with van der Waals surface area (Å²) >= 11 is 0. The minimum atomic E-state index is 0.316. The van der Waals surface area contributed by atoms with Crippen LogP contribution in [0.25, 0.3) is 0 Å². The molecule has 0 aliphatic heterocycles. The Bertz CT molecular complexity index is 371. The molecule has 0 saturated heterocycles. The number of nitrogens with one attached hydrogen (secondary N) is 1. The number of phenols is 1. The number of phenolic OH excluding ortho intramolecular Hbond substituents is 1. The van der Waals surface area contributed by atoms with E-state index in [-0.39, 0.29) is 0 Å². The molecule has 0 bridgehead atoms. The van der Waals surface area contributed by atoms with Gasteiger partial charge in [0.1, 0.15) is 5.75 Å². The van der Waals surface area contributed by atoms with E-state index in [1.807, 2.05) is 12.1 Å². The zero-order valence-electron chi connectivity index (χ0n) is 10.9. The van der Waals surface area contributed by atoms with Gasteiger partial charge in [-0.3, -0.25) is 0 Å². The van der Waals surface area contributed by atoms with Crippen molar-refractivity contribution in [3.63, 3.8) is 0 Å². The third-order valence-electron chi connectivity index (χ3n) is 3.89. The predicted molar refractivity (Wildman–Crippen MR) is 71.1 cm³/mol. The van der Waals surface area contributed by atoms with Crippen molar-refractivity contribution in [1.82, 2.24) is 5.32 Å². The Morgan fingerprint density at radius 3 is 2.76 bits per heavy atom. The molecule has 1 saturated carbocycles. The molecule has 0 spiro atoms. The molecule has 0 aromatic heterocycles. The van der Waals surface area contributed by atoms with Crippen LogP contribution in [-0.2, 0) is 0 Å². The summed E-state index contributed by atoms with van der Waals surface area (Å²) in [5.41, 5.74) is 1.75. The molecule has 1 aliphatic rings. The highest BCUT2D eigenvalue weighted by Crippen LogP contribution is 2.49. The van der Waals surface area contributed by atoms with Gasteiger partial charge >= 0.3 is 0 Å². The van der Waals surface area contributed by atoms with Gasteiger partial charge in [0.25, 0.3) is 0 Å². The van der Waals surface area contributed by atoms with Gasteiger partial charge in [-0.05, 0) is 49.3 Å². The van der Waals surface area contributed by atoms with Crippen LogP contribution in [-0.4, -0.2) is 11.7 Å². The molecule has 2 N–H and O–H groups in total. The Labute approximate surface area is 104 Å². The normalized spacial score (nSPS) is 18.9. The summed E-state index contributed by atoms with van der Waals surface area (Å²) in [5.74, 6) is 0.353. The van der Waals surface area contributed by atoms with Gasteiger partial charge in [0, 0.05) is 12.6 Å². The highest BCUT2D eigenvalue weighted by atomic mass is 16.3. The van der Waals surface area contributed by atoms with Crippen LogP contribution in [0, 0.1) is 5.41 Å². The highest BCUT2D eigenvalue weighted by molar-refractivity contribution is 5.29. The van der Waals surface area contributed by atoms with Crippen molar-refractivity contribution in [2.45, 2.75) is 45.6 Å². The van der Waals surface area contributed by atoms with E-state index < -0.39 is 0 Å². The molecule has 17 heavy (non-hydrogen) atoms. The predicted octanol–water partition coefficient (Wildman–Crippen LogP) is 3.62. The number of rotatable bonds is 6. The van der Waals surface area contributed by atoms with E-state index in [1.165, 1.54) is 25.7 Å². The van der Waals surface area contributed by atoms with E-state index in [9.17, 15) is 5.11 Å². The van der Waals surface area contributed by atoms with Crippen molar-refractivity contribution < 1.29 is 5.11 Å². The first kappa shape index (κ1) is 12.4. The summed E-state index contributed by atoms with van der Waals surface area (Å²) in [5, 5.41) is 13.1. The van der Waals surface area contributed by atoms with Crippen molar-refractivity contribution in [3.05, 3.63) is 29.8 Å². The lowest BCUT2D eigenvalue weighted by atomic mass is 9.99. The second kappa shape index (κ2) is 5.09. The summed E-state index contributed by atoms with van der Waals surface area (Å²) in [6.45, 7) is 5.53. The maximum Gasteiger partial charge on any atom is 0.115 e. The summed E-state index contributed by atoms with van der Waals surface area (Å²) in [6.07, 6.45) is 5.37. The molecule has 0 amide bonds. The fourth-order valence-corrected chi connectivity index (χ4v) is 2.50. The molecular weight excluding hydrogens is 210 g/mol. The van der Waals surface area contributed by atoms with Gasteiger partial charge in [0.15, 0.2) is 0 Å². The van der Waals surface area contributed by atoms with Crippen LogP contribution >= 0.6 is 0 Å². The summed E-state index contributed by atoms with van der Waals surface area (Å²) < 4.78 is 0. The molecule has 0 radical (unpaired) electrons. The Morgan fingerprint density at radius 1 is 1.41 bits per heavy atom. The monoisotopic (exact) mass is 233 g/mol. The Balaban J connectivity index is 1.87. The molecule has 1 aromatic carbocycles. The fourth-order valence-electron chi connectivity index (χ4n) is 2.50. The molecule has 1 unspecified atom stereocenters. The highest BCUT2D eigenvalue weighted by Gasteiger charge is 2.41. The number of hydrogen-bond acceptors (Lipinski definition) is 2. The van der Waals surface area contributed by atoms with Gasteiger partial charge in [0.05, 0.1) is 0 Å². The Hall–Kier alpha value is -1.02. The van der Waals surface area contributed by atoms with Crippen molar-refractivity contribution in [1.29, 1.82) is 0 Å². The lowest BCUT2D eigenvalue weighted by molar-refractivity contribution is 0.396. The molecule has 0 heterocycles. The van der Waals surface area contributed by atoms with E-state index in [4.69, 9.17) is 0 Å². The first-order valence-corrected chi connectivity index (χ1v) is 6.67. The zero-order chi connectivity index (χ0) is 12.3. The van der Waals surface area contributed by atoms with Crippen LogP contribution < -0.4 is 5.32 Å². The molecule has 2 nitrogen and oxygen atoms in total. The third-order valence-corrected chi connectivity index (χ3v) is 3.89. The molecule has 2 rings (SSSR count). The average Bonchev–Trinajstić information content (AvgIpc) is 3.07. The van der Waals surface area contributed by atoms with E-state index in [1.54, 1.807) is 6.07 Å². The fraction of sp³-hybridized carbons (Fsp3) is 0.600. The summed E-state index contributed by atoms with van der Waals surface area (Å²) in [4.78, 5) is 0. The van der Waals surface area contributed by atoms with Crippen LogP contribution in [0.3, 0.4) is 0 Å². The minimum absolute atomic E-state index is 0.316. The number of hydrogen-bond donors (Lipinski definition) is 2. The van der Waals surface area contributed by atoms with Gasteiger partial charge in [-0.25, -0.2) is 0 Å². The van der Waals surface area contributed by atoms with Gasteiger partial charge < -0.3 is 10.4 Å². The van der Waals surface area contributed by atoms with E-state index in [0.717, 1.165) is 12.1 Å². The molecule has 2 heteroatoms. The van der Waals surface area contributed by atoms with E-state index in [2.05, 4.69) is 25.2 Å². The van der Waals surface area contributed by atoms with Crippen molar-refractivity contribution in [2.24, 2.45) is 5.41 Å². The smallest absolute Gasteiger partial charge is 0.115 e. The second-order valence-corrected chi connectivity index (χ2v) is 5.45. The standard InChI is InChI=1S/C15H23NO/c1-3-7-15(8-9-15)11-16-12(2)13-5-4-6-14(17)10-13/h4-6,10,12,16-17H,3,7-9,11H2,1-2H3. The molecular formula is C15H23NO. The maximum atomic E-state index is 9.46. The quantitative estimate of drug-likeness (QED) is 0.786. The van der Waals surface area contributed by atoms with Gasteiger partial charge in [-0.2, -0.15) is 0 Å². The second-order valence-electron chi connectivity index (χ2n) is 5.45. The largest absolute Gasteiger partial charge is 0.508 e.